The molecule has 0 aliphatic rings. The van der Waals surface area contributed by atoms with Gasteiger partial charge in [0.2, 0.25) is 5.91 Å². The summed E-state index contributed by atoms with van der Waals surface area (Å²) in [6, 6.07) is 9.76. The Labute approximate surface area is 228 Å². The summed E-state index contributed by atoms with van der Waals surface area (Å²) in [5.74, 6) is -2.38. The molecule has 8 nitrogen and oxygen atoms in total. The molecule has 0 saturated heterocycles. The topological polar surface area (TPSA) is 106 Å². The SMILES string of the molecule is CC(=O)NCC(CC(=O)Cn1nc(-c2ccc(Cl)cc2)n(C[C@H](O)C(F)(F)F)c1=O)c1cccc(C(F)(F)F)c1. The molecule has 216 valence electrons. The molecule has 0 aliphatic carbocycles. The normalized spacial score (nSPS) is 13.6. The highest BCUT2D eigenvalue weighted by Gasteiger charge is 2.39. The van der Waals surface area contributed by atoms with E-state index < -0.39 is 66.8 Å². The molecule has 2 atom stereocenters. The van der Waals surface area contributed by atoms with Crippen molar-refractivity contribution in [3.05, 3.63) is 75.2 Å². The van der Waals surface area contributed by atoms with Gasteiger partial charge in [0.25, 0.3) is 0 Å². The number of Topliss-reactive ketones (excluding diaryl/α,β-unsaturated/α-hetero) is 1. The zero-order valence-electron chi connectivity index (χ0n) is 20.8. The van der Waals surface area contributed by atoms with Crippen LogP contribution < -0.4 is 11.0 Å². The van der Waals surface area contributed by atoms with Gasteiger partial charge in [-0.15, -0.1) is 5.10 Å². The van der Waals surface area contributed by atoms with Crippen LogP contribution in [0.5, 0.6) is 0 Å². The van der Waals surface area contributed by atoms with Gasteiger partial charge in [-0.2, -0.15) is 26.3 Å². The second kappa shape index (κ2) is 12.3. The van der Waals surface area contributed by atoms with E-state index in [9.17, 15) is 45.8 Å². The quantitative estimate of drug-likeness (QED) is 0.344. The second-order valence-electron chi connectivity index (χ2n) is 8.94. The Morgan fingerprint density at radius 2 is 1.73 bits per heavy atom. The molecule has 40 heavy (non-hydrogen) atoms. The fourth-order valence-electron chi connectivity index (χ4n) is 3.85. The third kappa shape index (κ3) is 7.94. The highest BCUT2D eigenvalue weighted by atomic mass is 35.5. The monoisotopic (exact) mass is 592 g/mol. The Kier molecular flexibility index (Phi) is 9.46. The third-order valence-corrected chi connectivity index (χ3v) is 6.09. The number of alkyl halides is 6. The summed E-state index contributed by atoms with van der Waals surface area (Å²) in [5.41, 5.74) is -1.81. The first-order valence-electron chi connectivity index (χ1n) is 11.7. The number of nitrogens with zero attached hydrogens (tertiary/aromatic N) is 3. The summed E-state index contributed by atoms with van der Waals surface area (Å²) in [6.45, 7) is -0.946. The van der Waals surface area contributed by atoms with E-state index in [1.54, 1.807) is 0 Å². The molecule has 0 fully saturated rings. The van der Waals surface area contributed by atoms with E-state index >= 15 is 0 Å². The van der Waals surface area contributed by atoms with Gasteiger partial charge >= 0.3 is 18.0 Å². The fraction of sp³-hybridized carbons (Fsp3) is 0.360. The minimum Gasteiger partial charge on any atom is -0.382 e. The predicted octanol–water partition coefficient (Wildman–Crippen LogP) is 4.19. The van der Waals surface area contributed by atoms with E-state index in [-0.39, 0.29) is 23.5 Å². The Balaban J connectivity index is 1.93. The number of hydrogen-bond acceptors (Lipinski definition) is 5. The van der Waals surface area contributed by atoms with Crippen LogP contribution in [0.25, 0.3) is 11.4 Å². The van der Waals surface area contributed by atoms with E-state index in [2.05, 4.69) is 10.4 Å². The lowest BCUT2D eigenvalue weighted by Crippen LogP contribution is -2.37. The fourth-order valence-corrected chi connectivity index (χ4v) is 3.97. The van der Waals surface area contributed by atoms with Crippen LogP contribution in [-0.4, -0.2) is 50.0 Å². The van der Waals surface area contributed by atoms with E-state index in [1.807, 2.05) is 0 Å². The van der Waals surface area contributed by atoms with Crippen LogP contribution in [0.4, 0.5) is 26.3 Å². The van der Waals surface area contributed by atoms with Crippen LogP contribution in [0.1, 0.15) is 30.4 Å². The van der Waals surface area contributed by atoms with Gasteiger partial charge in [-0.3, -0.25) is 14.2 Å². The van der Waals surface area contributed by atoms with Crippen molar-refractivity contribution < 1.29 is 41.0 Å². The molecule has 1 amide bonds. The number of ketones is 1. The number of rotatable bonds is 10. The van der Waals surface area contributed by atoms with Crippen molar-refractivity contribution >= 4 is 23.3 Å². The molecular weight excluding hydrogens is 570 g/mol. The van der Waals surface area contributed by atoms with Gasteiger partial charge in [-0.05, 0) is 35.9 Å². The third-order valence-electron chi connectivity index (χ3n) is 5.84. The first-order valence-corrected chi connectivity index (χ1v) is 12.1. The number of aromatic nitrogens is 3. The van der Waals surface area contributed by atoms with Crippen molar-refractivity contribution in [1.82, 2.24) is 19.7 Å². The molecule has 1 unspecified atom stereocenters. The van der Waals surface area contributed by atoms with Gasteiger partial charge in [-0.25, -0.2) is 9.48 Å². The number of nitrogens with one attached hydrogen (secondary N) is 1. The number of amides is 1. The Morgan fingerprint density at radius 1 is 1.07 bits per heavy atom. The minimum atomic E-state index is -5.05. The highest BCUT2D eigenvalue weighted by Crippen LogP contribution is 2.32. The van der Waals surface area contributed by atoms with E-state index in [4.69, 9.17) is 11.6 Å². The number of halogens is 7. The molecule has 0 saturated carbocycles. The average Bonchev–Trinajstić information content (AvgIpc) is 3.15. The molecule has 0 aliphatic heterocycles. The zero-order chi connectivity index (χ0) is 29.8. The molecule has 0 spiro atoms. The summed E-state index contributed by atoms with van der Waals surface area (Å²) in [6.07, 6.45) is -13.0. The molecule has 3 aromatic rings. The van der Waals surface area contributed by atoms with Crippen molar-refractivity contribution in [3.63, 3.8) is 0 Å². The lowest BCUT2D eigenvalue weighted by Gasteiger charge is -2.18. The molecule has 2 N–H and O–H groups in total. The van der Waals surface area contributed by atoms with Gasteiger partial charge in [0, 0.05) is 36.4 Å². The second-order valence-corrected chi connectivity index (χ2v) is 9.38. The zero-order valence-corrected chi connectivity index (χ0v) is 21.5. The maximum absolute atomic E-state index is 13.2. The summed E-state index contributed by atoms with van der Waals surface area (Å²) in [5, 5.41) is 16.3. The smallest absolute Gasteiger partial charge is 0.382 e. The van der Waals surface area contributed by atoms with Crippen molar-refractivity contribution in [2.45, 2.75) is 50.8 Å². The van der Waals surface area contributed by atoms with Gasteiger partial charge < -0.3 is 10.4 Å². The van der Waals surface area contributed by atoms with Gasteiger partial charge in [0.05, 0.1) is 12.1 Å². The van der Waals surface area contributed by atoms with E-state index in [0.717, 1.165) is 18.2 Å². The number of aliphatic hydroxyl groups excluding tert-OH is 1. The summed E-state index contributed by atoms with van der Waals surface area (Å²) < 4.78 is 80.0. The molecule has 15 heteroatoms. The molecule has 0 radical (unpaired) electrons. The average molecular weight is 593 g/mol. The Hall–Kier alpha value is -3.65. The van der Waals surface area contributed by atoms with Crippen molar-refractivity contribution in [2.75, 3.05) is 6.54 Å². The number of aliphatic hydroxyl groups is 1. The molecule has 1 aromatic heterocycles. The number of benzene rings is 2. The van der Waals surface area contributed by atoms with Crippen molar-refractivity contribution in [2.24, 2.45) is 0 Å². The number of hydrogen-bond donors (Lipinski definition) is 2. The maximum atomic E-state index is 13.2. The number of carbonyl (C=O) groups is 2. The van der Waals surface area contributed by atoms with Crippen molar-refractivity contribution in [3.8, 4) is 11.4 Å². The summed E-state index contributed by atoms with van der Waals surface area (Å²) in [4.78, 5) is 37.4. The first-order chi connectivity index (χ1) is 18.6. The van der Waals surface area contributed by atoms with Crippen LogP contribution in [-0.2, 0) is 28.9 Å². The summed E-state index contributed by atoms with van der Waals surface area (Å²) in [7, 11) is 0. The largest absolute Gasteiger partial charge is 0.416 e. The van der Waals surface area contributed by atoms with Crippen molar-refractivity contribution in [1.29, 1.82) is 0 Å². The van der Waals surface area contributed by atoms with Gasteiger partial charge in [0.15, 0.2) is 17.7 Å². The predicted molar refractivity (Wildman–Crippen MR) is 131 cm³/mol. The van der Waals surface area contributed by atoms with E-state index in [0.29, 0.717) is 14.3 Å². The highest BCUT2D eigenvalue weighted by molar-refractivity contribution is 6.30. The first kappa shape index (κ1) is 30.9. The van der Waals surface area contributed by atoms with Crippen LogP contribution in [0.3, 0.4) is 0 Å². The minimum absolute atomic E-state index is 0.102. The van der Waals surface area contributed by atoms with E-state index in [1.165, 1.54) is 37.3 Å². The molecule has 0 bridgehead atoms. The lowest BCUT2D eigenvalue weighted by atomic mass is 9.92. The van der Waals surface area contributed by atoms with Crippen LogP contribution in [0.15, 0.2) is 53.3 Å². The number of carbonyl (C=O) groups excluding carboxylic acids is 2. The van der Waals surface area contributed by atoms with Gasteiger partial charge in [0.1, 0.15) is 6.54 Å². The Morgan fingerprint density at radius 3 is 2.30 bits per heavy atom. The van der Waals surface area contributed by atoms with Crippen LogP contribution in [0, 0.1) is 0 Å². The molecule has 3 rings (SSSR count). The van der Waals surface area contributed by atoms with Gasteiger partial charge in [-0.1, -0.05) is 29.8 Å². The molecule has 1 heterocycles. The summed E-state index contributed by atoms with van der Waals surface area (Å²) >= 11 is 5.85. The Bertz CT molecular complexity index is 1420. The molecular formula is C25H23ClF6N4O4. The standard InChI is InChI=1S/C25H23ClF6N4O4/c1-14(37)33-11-17(16-3-2-4-18(9-16)24(27,28)29)10-20(38)12-36-23(40)35(13-21(39)25(30,31)32)22(34-36)15-5-7-19(26)8-6-15/h2-9,17,21,39H,10-13H2,1H3,(H,33,37)/t17?,21-/m0/s1. The van der Waals surface area contributed by atoms with Crippen LogP contribution >= 0.6 is 11.6 Å². The molecule has 2 aromatic carbocycles. The lowest BCUT2D eigenvalue weighted by molar-refractivity contribution is -0.207. The maximum Gasteiger partial charge on any atom is 0.416 e. The van der Waals surface area contributed by atoms with Crippen LogP contribution in [0.2, 0.25) is 5.02 Å².